The summed E-state index contributed by atoms with van der Waals surface area (Å²) in [6, 6.07) is 8.99. The largest absolute Gasteiger partial charge is 0.353 e. The second-order valence-electron chi connectivity index (χ2n) is 6.36. The van der Waals surface area contributed by atoms with Gasteiger partial charge in [-0.15, -0.1) is 0 Å². The third kappa shape index (κ3) is 4.85. The molecule has 1 N–H and O–H groups in total. The third-order valence-electron chi connectivity index (χ3n) is 4.45. The van der Waals surface area contributed by atoms with E-state index in [1.165, 1.54) is 11.1 Å². The Kier molecular flexibility index (Phi) is 5.80. The summed E-state index contributed by atoms with van der Waals surface area (Å²) in [7, 11) is 0. The number of aryl methyl sites for hydroxylation is 1. The second kappa shape index (κ2) is 7.60. The molecule has 0 saturated carbocycles. The lowest BCUT2D eigenvalue weighted by Crippen LogP contribution is -2.42. The molecule has 1 atom stereocenters. The number of nitrogens with zero attached hydrogens (tertiary/aromatic N) is 1. The normalized spacial score (nSPS) is 18.4. The lowest BCUT2D eigenvalue weighted by molar-refractivity contribution is -0.127. The fourth-order valence-electron chi connectivity index (χ4n) is 2.88. The van der Waals surface area contributed by atoms with Gasteiger partial charge in [0.1, 0.15) is 0 Å². The summed E-state index contributed by atoms with van der Waals surface area (Å²) in [4.78, 5) is 14.6. The third-order valence-corrected chi connectivity index (χ3v) is 4.45. The maximum Gasteiger partial charge on any atom is 0.223 e. The number of benzene rings is 1. The zero-order valence-corrected chi connectivity index (χ0v) is 13.6. The molecule has 3 heteroatoms. The number of likely N-dealkylation sites (tertiary alicyclic amines) is 1. The first-order chi connectivity index (χ1) is 10.1. The van der Waals surface area contributed by atoms with Crippen molar-refractivity contribution in [1.29, 1.82) is 0 Å². The SMILES string of the molecule is CC[C@@H](C)NC(=O)C1CCN(Cc2cccc(C)c2)CC1. The predicted octanol–water partition coefficient (Wildman–Crippen LogP) is 3.12. The molecule has 1 saturated heterocycles. The number of hydrogen-bond acceptors (Lipinski definition) is 2. The highest BCUT2D eigenvalue weighted by atomic mass is 16.1. The Morgan fingerprint density at radius 1 is 1.38 bits per heavy atom. The lowest BCUT2D eigenvalue weighted by Gasteiger charge is -2.31. The molecular formula is C18H28N2O. The van der Waals surface area contributed by atoms with Gasteiger partial charge in [-0.2, -0.15) is 0 Å². The second-order valence-corrected chi connectivity index (χ2v) is 6.36. The van der Waals surface area contributed by atoms with Gasteiger partial charge in [-0.3, -0.25) is 9.69 Å². The van der Waals surface area contributed by atoms with Crippen LogP contribution in [0.25, 0.3) is 0 Å². The number of piperidine rings is 1. The van der Waals surface area contributed by atoms with Gasteiger partial charge in [0.25, 0.3) is 0 Å². The average molecular weight is 288 g/mol. The van der Waals surface area contributed by atoms with Crippen LogP contribution in [0.5, 0.6) is 0 Å². The molecule has 0 bridgehead atoms. The molecule has 2 rings (SSSR count). The molecule has 1 aromatic rings. The molecule has 3 nitrogen and oxygen atoms in total. The van der Waals surface area contributed by atoms with E-state index in [0.29, 0.717) is 6.04 Å². The molecule has 1 aliphatic rings. The van der Waals surface area contributed by atoms with Crippen LogP contribution in [0.1, 0.15) is 44.2 Å². The number of amides is 1. The van der Waals surface area contributed by atoms with E-state index in [2.05, 4.69) is 55.3 Å². The van der Waals surface area contributed by atoms with Crippen LogP contribution in [0.3, 0.4) is 0 Å². The van der Waals surface area contributed by atoms with Crippen molar-refractivity contribution >= 4 is 5.91 Å². The van der Waals surface area contributed by atoms with Gasteiger partial charge in [0.2, 0.25) is 5.91 Å². The summed E-state index contributed by atoms with van der Waals surface area (Å²) in [5.41, 5.74) is 2.69. The Morgan fingerprint density at radius 3 is 2.71 bits per heavy atom. The monoisotopic (exact) mass is 288 g/mol. The summed E-state index contributed by atoms with van der Waals surface area (Å²) < 4.78 is 0. The van der Waals surface area contributed by atoms with Gasteiger partial charge in [0.15, 0.2) is 0 Å². The number of hydrogen-bond donors (Lipinski definition) is 1. The van der Waals surface area contributed by atoms with Crippen LogP contribution in [0.15, 0.2) is 24.3 Å². The fraction of sp³-hybridized carbons (Fsp3) is 0.611. The van der Waals surface area contributed by atoms with E-state index in [0.717, 1.165) is 38.9 Å². The van der Waals surface area contributed by atoms with Gasteiger partial charge in [0.05, 0.1) is 0 Å². The van der Waals surface area contributed by atoms with Crippen molar-refractivity contribution in [3.63, 3.8) is 0 Å². The topological polar surface area (TPSA) is 32.3 Å². The quantitative estimate of drug-likeness (QED) is 0.903. The molecule has 0 spiro atoms. The molecular weight excluding hydrogens is 260 g/mol. The Balaban J connectivity index is 1.79. The highest BCUT2D eigenvalue weighted by Crippen LogP contribution is 2.19. The molecule has 0 unspecified atom stereocenters. The van der Waals surface area contributed by atoms with Gasteiger partial charge in [0, 0.05) is 18.5 Å². The lowest BCUT2D eigenvalue weighted by atomic mass is 9.95. The Hall–Kier alpha value is -1.35. The molecule has 1 amide bonds. The summed E-state index contributed by atoms with van der Waals surface area (Å²) >= 11 is 0. The van der Waals surface area contributed by atoms with Crippen LogP contribution in [-0.4, -0.2) is 29.9 Å². The van der Waals surface area contributed by atoms with Crippen LogP contribution in [0.2, 0.25) is 0 Å². The summed E-state index contributed by atoms with van der Waals surface area (Å²) in [6.07, 6.45) is 2.96. The van der Waals surface area contributed by atoms with E-state index in [4.69, 9.17) is 0 Å². The van der Waals surface area contributed by atoms with Crippen LogP contribution < -0.4 is 5.32 Å². The number of nitrogens with one attached hydrogen (secondary N) is 1. The van der Waals surface area contributed by atoms with Crippen LogP contribution >= 0.6 is 0 Å². The first kappa shape index (κ1) is 16.0. The molecule has 1 aromatic carbocycles. The van der Waals surface area contributed by atoms with Crippen molar-refractivity contribution in [2.45, 2.75) is 52.6 Å². The molecule has 21 heavy (non-hydrogen) atoms. The maximum atomic E-state index is 12.1. The van der Waals surface area contributed by atoms with E-state index in [9.17, 15) is 4.79 Å². The van der Waals surface area contributed by atoms with Crippen molar-refractivity contribution in [2.24, 2.45) is 5.92 Å². The summed E-state index contributed by atoms with van der Waals surface area (Å²) in [6.45, 7) is 9.36. The van der Waals surface area contributed by atoms with Crippen LogP contribution in [0.4, 0.5) is 0 Å². The van der Waals surface area contributed by atoms with Gasteiger partial charge in [-0.05, 0) is 51.8 Å². The van der Waals surface area contributed by atoms with E-state index >= 15 is 0 Å². The van der Waals surface area contributed by atoms with Gasteiger partial charge in [-0.25, -0.2) is 0 Å². The van der Waals surface area contributed by atoms with Crippen molar-refractivity contribution in [2.75, 3.05) is 13.1 Å². The van der Waals surface area contributed by atoms with Crippen molar-refractivity contribution < 1.29 is 4.79 Å². The Morgan fingerprint density at radius 2 is 2.10 bits per heavy atom. The van der Waals surface area contributed by atoms with E-state index in [-0.39, 0.29) is 11.8 Å². The minimum absolute atomic E-state index is 0.202. The molecule has 1 heterocycles. The van der Waals surface area contributed by atoms with Gasteiger partial charge >= 0.3 is 0 Å². The molecule has 0 aliphatic carbocycles. The van der Waals surface area contributed by atoms with Crippen LogP contribution in [0, 0.1) is 12.8 Å². The molecule has 0 radical (unpaired) electrons. The van der Waals surface area contributed by atoms with Crippen molar-refractivity contribution in [1.82, 2.24) is 10.2 Å². The summed E-state index contributed by atoms with van der Waals surface area (Å²) in [5.74, 6) is 0.451. The molecule has 116 valence electrons. The van der Waals surface area contributed by atoms with Gasteiger partial charge in [-0.1, -0.05) is 36.8 Å². The predicted molar refractivity (Wildman–Crippen MR) is 87.1 cm³/mol. The molecule has 1 fully saturated rings. The zero-order valence-electron chi connectivity index (χ0n) is 13.6. The standard InChI is InChI=1S/C18H28N2O/c1-4-15(3)19-18(21)17-8-10-20(11-9-17)13-16-7-5-6-14(2)12-16/h5-7,12,15,17H,4,8-11,13H2,1-3H3,(H,19,21)/t15-/m1/s1. The van der Waals surface area contributed by atoms with Crippen molar-refractivity contribution in [3.05, 3.63) is 35.4 Å². The van der Waals surface area contributed by atoms with E-state index in [1.807, 2.05) is 0 Å². The smallest absolute Gasteiger partial charge is 0.223 e. The fourth-order valence-corrected chi connectivity index (χ4v) is 2.88. The Bertz CT molecular complexity index is 464. The first-order valence-corrected chi connectivity index (χ1v) is 8.16. The summed E-state index contributed by atoms with van der Waals surface area (Å²) in [5, 5.41) is 3.11. The average Bonchev–Trinajstić information content (AvgIpc) is 2.47. The number of carbonyl (C=O) groups is 1. The highest BCUT2D eigenvalue weighted by molar-refractivity contribution is 5.79. The number of rotatable bonds is 5. The maximum absolute atomic E-state index is 12.1. The highest BCUT2D eigenvalue weighted by Gasteiger charge is 2.25. The first-order valence-electron chi connectivity index (χ1n) is 8.16. The molecule has 1 aliphatic heterocycles. The molecule has 0 aromatic heterocycles. The van der Waals surface area contributed by atoms with Crippen molar-refractivity contribution in [3.8, 4) is 0 Å². The van der Waals surface area contributed by atoms with Gasteiger partial charge < -0.3 is 5.32 Å². The van der Waals surface area contributed by atoms with Crippen LogP contribution in [-0.2, 0) is 11.3 Å². The van der Waals surface area contributed by atoms with E-state index in [1.54, 1.807) is 0 Å². The minimum Gasteiger partial charge on any atom is -0.353 e. The number of carbonyl (C=O) groups excluding carboxylic acids is 1. The Labute approximate surface area is 128 Å². The zero-order chi connectivity index (χ0) is 15.2. The van der Waals surface area contributed by atoms with E-state index < -0.39 is 0 Å². The minimum atomic E-state index is 0.202.